The number of carbonyl (C=O) groups excluding carboxylic acids is 1. The van der Waals surface area contributed by atoms with Crippen molar-refractivity contribution < 1.29 is 9.18 Å². The van der Waals surface area contributed by atoms with Crippen LogP contribution in [0.1, 0.15) is 5.56 Å². The number of anilines is 2. The van der Waals surface area contributed by atoms with Crippen LogP contribution in [0.2, 0.25) is 5.02 Å². The number of hydrogen-bond donors (Lipinski definition) is 1. The summed E-state index contributed by atoms with van der Waals surface area (Å²) in [6.07, 6.45) is 3.00. The molecule has 1 aliphatic heterocycles. The number of H-pyrrole nitrogens is 1. The summed E-state index contributed by atoms with van der Waals surface area (Å²) >= 11 is 6.76. The van der Waals surface area contributed by atoms with Crippen molar-refractivity contribution in [2.75, 3.05) is 50.1 Å². The van der Waals surface area contributed by atoms with Gasteiger partial charge in [0.2, 0.25) is 11.9 Å². The number of aryl methyl sites for hydroxylation is 1. The Balaban J connectivity index is 1.70. The Morgan fingerprint density at radius 3 is 2.60 bits per heavy atom. The summed E-state index contributed by atoms with van der Waals surface area (Å²) in [5.74, 6) is 0.378. The molecule has 1 aliphatic rings. The second kappa shape index (κ2) is 8.81. The van der Waals surface area contributed by atoms with Gasteiger partial charge in [-0.05, 0) is 30.7 Å². The molecular formula is C25H25ClFN7O. The fourth-order valence-electron chi connectivity index (χ4n) is 4.56. The van der Waals surface area contributed by atoms with Crippen molar-refractivity contribution in [3.8, 4) is 11.1 Å². The van der Waals surface area contributed by atoms with E-state index >= 15 is 4.39 Å². The van der Waals surface area contributed by atoms with Gasteiger partial charge in [-0.1, -0.05) is 24.2 Å². The molecule has 2 aromatic carbocycles. The molecular weight excluding hydrogens is 469 g/mol. The molecule has 5 rings (SSSR count). The predicted octanol–water partition coefficient (Wildman–Crippen LogP) is 4.17. The van der Waals surface area contributed by atoms with Gasteiger partial charge in [-0.15, -0.1) is 0 Å². The molecule has 2 aromatic heterocycles. The molecule has 0 unspecified atom stereocenters. The molecule has 35 heavy (non-hydrogen) atoms. The van der Waals surface area contributed by atoms with Crippen LogP contribution in [0, 0.1) is 12.7 Å². The molecule has 1 saturated heterocycles. The largest absolute Gasteiger partial charge is 0.352 e. The number of nitrogens with one attached hydrogen (secondary N) is 1. The number of fused-ring (bicyclic) bond motifs is 2. The van der Waals surface area contributed by atoms with Gasteiger partial charge in [-0.3, -0.25) is 9.89 Å². The molecule has 3 heterocycles. The molecule has 0 atom stereocenters. The van der Waals surface area contributed by atoms with E-state index in [-0.39, 0.29) is 16.4 Å². The first kappa shape index (κ1) is 23.0. The number of aromatic amines is 1. The van der Waals surface area contributed by atoms with Gasteiger partial charge in [-0.2, -0.15) is 10.1 Å². The molecule has 8 nitrogen and oxygen atoms in total. The van der Waals surface area contributed by atoms with E-state index in [2.05, 4.69) is 21.8 Å². The topological polar surface area (TPSA) is 81.3 Å². The van der Waals surface area contributed by atoms with E-state index in [4.69, 9.17) is 16.6 Å². The van der Waals surface area contributed by atoms with Crippen LogP contribution in [0.4, 0.5) is 16.2 Å². The smallest absolute Gasteiger partial charge is 0.246 e. The van der Waals surface area contributed by atoms with Gasteiger partial charge in [-0.25, -0.2) is 9.37 Å². The first-order chi connectivity index (χ1) is 16.8. The lowest BCUT2D eigenvalue weighted by Crippen LogP contribution is -2.48. The Morgan fingerprint density at radius 2 is 1.91 bits per heavy atom. The summed E-state index contributed by atoms with van der Waals surface area (Å²) in [6, 6.07) is 5.56. The van der Waals surface area contributed by atoms with Crippen molar-refractivity contribution in [1.29, 1.82) is 0 Å². The third-order valence-electron chi connectivity index (χ3n) is 6.40. The van der Waals surface area contributed by atoms with Crippen LogP contribution in [0.15, 0.2) is 37.1 Å². The third-order valence-corrected chi connectivity index (χ3v) is 6.70. The lowest BCUT2D eigenvalue weighted by atomic mass is 9.95. The van der Waals surface area contributed by atoms with Gasteiger partial charge in [0.25, 0.3) is 0 Å². The minimum Gasteiger partial charge on any atom is -0.352 e. The summed E-state index contributed by atoms with van der Waals surface area (Å²) in [5, 5.41) is 8.65. The van der Waals surface area contributed by atoms with E-state index in [9.17, 15) is 4.79 Å². The van der Waals surface area contributed by atoms with Crippen molar-refractivity contribution in [2.24, 2.45) is 0 Å². The van der Waals surface area contributed by atoms with Crippen LogP contribution in [0.3, 0.4) is 0 Å². The number of halogens is 2. The number of aromatic nitrogens is 4. The van der Waals surface area contributed by atoms with Crippen molar-refractivity contribution in [2.45, 2.75) is 6.92 Å². The number of amides is 1. The number of hydrogen-bond acceptors (Lipinski definition) is 6. The van der Waals surface area contributed by atoms with Crippen molar-refractivity contribution in [3.05, 3.63) is 53.5 Å². The van der Waals surface area contributed by atoms with Gasteiger partial charge in [0.05, 0.1) is 16.7 Å². The minimum atomic E-state index is -0.503. The minimum absolute atomic E-state index is 0.103. The number of rotatable bonds is 4. The standard InChI is InChI=1S/C25H25ClFN7O/c1-5-19(35)33-8-10-34(11-9-33)24-15-12-17(26)21(22(27)23(15)29-25(30-24)32(3)4)20-14(2)6-7-18-16(20)13-28-31-18/h5-7,12-13H,1,8-11H2,2-4H3,(H,28,31). The van der Waals surface area contributed by atoms with E-state index in [0.29, 0.717) is 54.5 Å². The molecule has 180 valence electrons. The van der Waals surface area contributed by atoms with Gasteiger partial charge in [0.15, 0.2) is 5.82 Å². The normalized spacial score (nSPS) is 14.1. The molecule has 1 amide bonds. The summed E-state index contributed by atoms with van der Waals surface area (Å²) in [5.41, 5.74) is 2.85. The van der Waals surface area contributed by atoms with Crippen molar-refractivity contribution in [1.82, 2.24) is 25.1 Å². The quantitative estimate of drug-likeness (QED) is 0.430. The zero-order valence-corrected chi connectivity index (χ0v) is 20.5. The van der Waals surface area contributed by atoms with E-state index in [1.165, 1.54) is 6.08 Å². The second-order valence-electron chi connectivity index (χ2n) is 8.79. The zero-order chi connectivity index (χ0) is 24.9. The Hall–Kier alpha value is -3.72. The first-order valence-electron chi connectivity index (χ1n) is 11.3. The molecule has 0 aliphatic carbocycles. The molecule has 1 fully saturated rings. The molecule has 0 saturated carbocycles. The molecule has 4 aromatic rings. The highest BCUT2D eigenvalue weighted by Crippen LogP contribution is 2.42. The molecule has 10 heteroatoms. The van der Waals surface area contributed by atoms with E-state index < -0.39 is 5.82 Å². The van der Waals surface area contributed by atoms with Gasteiger partial charge in [0, 0.05) is 62.2 Å². The van der Waals surface area contributed by atoms with Crippen LogP contribution < -0.4 is 9.80 Å². The lowest BCUT2D eigenvalue weighted by Gasteiger charge is -2.35. The Kier molecular flexibility index (Phi) is 5.80. The van der Waals surface area contributed by atoms with Crippen molar-refractivity contribution in [3.63, 3.8) is 0 Å². The Morgan fingerprint density at radius 1 is 1.17 bits per heavy atom. The zero-order valence-electron chi connectivity index (χ0n) is 19.8. The van der Waals surface area contributed by atoms with Crippen LogP contribution in [0.25, 0.3) is 32.9 Å². The maximum atomic E-state index is 16.3. The fourth-order valence-corrected chi connectivity index (χ4v) is 4.85. The summed E-state index contributed by atoms with van der Waals surface area (Å²) in [4.78, 5) is 26.8. The van der Waals surface area contributed by atoms with E-state index in [0.717, 1.165) is 16.5 Å². The van der Waals surface area contributed by atoms with Crippen LogP contribution in [-0.2, 0) is 4.79 Å². The lowest BCUT2D eigenvalue weighted by molar-refractivity contribution is -0.126. The maximum absolute atomic E-state index is 16.3. The molecule has 0 spiro atoms. The fraction of sp³-hybridized carbons (Fsp3) is 0.280. The predicted molar refractivity (Wildman–Crippen MR) is 138 cm³/mol. The third kappa shape index (κ3) is 3.85. The maximum Gasteiger partial charge on any atom is 0.246 e. The van der Waals surface area contributed by atoms with Crippen LogP contribution in [-0.4, -0.2) is 71.2 Å². The van der Waals surface area contributed by atoms with E-state index in [1.807, 2.05) is 38.1 Å². The highest BCUT2D eigenvalue weighted by molar-refractivity contribution is 6.35. The van der Waals surface area contributed by atoms with Crippen molar-refractivity contribution >= 4 is 51.1 Å². The average molecular weight is 494 g/mol. The second-order valence-corrected chi connectivity index (χ2v) is 9.20. The summed E-state index contributed by atoms with van der Waals surface area (Å²) in [7, 11) is 3.63. The number of nitrogens with zero attached hydrogens (tertiary/aromatic N) is 6. The highest BCUT2D eigenvalue weighted by Gasteiger charge is 2.27. The van der Waals surface area contributed by atoms with Gasteiger partial charge < -0.3 is 14.7 Å². The number of benzene rings is 2. The number of carbonyl (C=O) groups is 1. The number of piperazine rings is 1. The van der Waals surface area contributed by atoms with Crippen LogP contribution in [0.5, 0.6) is 0 Å². The van der Waals surface area contributed by atoms with Gasteiger partial charge in [0.1, 0.15) is 11.3 Å². The molecule has 0 radical (unpaired) electrons. The molecule has 0 bridgehead atoms. The van der Waals surface area contributed by atoms with Crippen LogP contribution >= 0.6 is 11.6 Å². The van der Waals surface area contributed by atoms with Gasteiger partial charge >= 0.3 is 0 Å². The summed E-state index contributed by atoms with van der Waals surface area (Å²) < 4.78 is 16.3. The molecule has 1 N–H and O–H groups in total. The highest BCUT2D eigenvalue weighted by atomic mass is 35.5. The summed E-state index contributed by atoms with van der Waals surface area (Å²) in [6.45, 7) is 7.62. The average Bonchev–Trinajstić information content (AvgIpc) is 3.33. The van der Waals surface area contributed by atoms with E-state index in [1.54, 1.807) is 22.1 Å². The Labute approximate surface area is 207 Å². The Bertz CT molecular complexity index is 1470. The SMILES string of the molecule is C=CC(=O)N1CCN(c2nc(N(C)C)nc3c(F)c(-c4c(C)ccc5[nH]ncc45)c(Cl)cc23)CC1. The monoisotopic (exact) mass is 493 g/mol. The first-order valence-corrected chi connectivity index (χ1v) is 11.6.